The number of fused-ring (bicyclic) bond motifs is 1. The molecule has 0 saturated carbocycles. The maximum absolute atomic E-state index is 12.7. The Hall–Kier alpha value is -3.46. The van der Waals surface area contributed by atoms with Crippen molar-refractivity contribution in [3.63, 3.8) is 0 Å². The SMILES string of the molecule is CC(C)C(NC(=O)c1cc([N+](=O)[O-])ccc1Cl)C(=O)OCC(=O)NC1CCCc2ccccc21. The van der Waals surface area contributed by atoms with E-state index in [4.69, 9.17) is 16.3 Å². The largest absolute Gasteiger partial charge is 0.454 e. The Morgan fingerprint density at radius 1 is 1.21 bits per heavy atom. The molecule has 2 amide bonds. The monoisotopic (exact) mass is 487 g/mol. The number of halogens is 1. The Morgan fingerprint density at radius 3 is 2.65 bits per heavy atom. The molecule has 0 fully saturated rings. The number of nitrogens with zero attached hydrogens (tertiary/aromatic N) is 1. The second kappa shape index (κ2) is 11.1. The smallest absolute Gasteiger partial charge is 0.329 e. The number of ether oxygens (including phenoxy) is 1. The standard InChI is InChI=1S/C24H26ClN3O6/c1-14(2)22(27-23(30)18-12-16(28(32)33)10-11-19(18)25)24(31)34-13-21(29)26-20-9-5-7-15-6-3-4-8-17(15)20/h3-4,6,8,10-12,14,20,22H,5,7,9,13H2,1-2H3,(H,26,29)(H,27,30). The van der Waals surface area contributed by atoms with Gasteiger partial charge in [0.05, 0.1) is 21.6 Å². The Labute approximate surface area is 202 Å². The third-order valence-electron chi connectivity index (χ3n) is 5.66. The number of hydrogen-bond acceptors (Lipinski definition) is 6. The van der Waals surface area contributed by atoms with Crippen LogP contribution in [0, 0.1) is 16.0 Å². The minimum absolute atomic E-state index is 0.00566. The van der Waals surface area contributed by atoms with Crippen LogP contribution in [0.5, 0.6) is 0 Å². The number of nitrogens with one attached hydrogen (secondary N) is 2. The summed E-state index contributed by atoms with van der Waals surface area (Å²) in [6.45, 7) is 2.90. The summed E-state index contributed by atoms with van der Waals surface area (Å²) in [4.78, 5) is 48.1. The second-order valence-corrected chi connectivity index (χ2v) is 8.84. The quantitative estimate of drug-likeness (QED) is 0.331. The maximum Gasteiger partial charge on any atom is 0.329 e. The summed E-state index contributed by atoms with van der Waals surface area (Å²) in [6, 6.07) is 10.1. The normalized spacial score (nSPS) is 15.7. The van der Waals surface area contributed by atoms with Crippen LogP contribution in [-0.2, 0) is 20.7 Å². The zero-order valence-electron chi connectivity index (χ0n) is 18.9. The first-order valence-corrected chi connectivity index (χ1v) is 11.3. The number of hydrogen-bond donors (Lipinski definition) is 2. The average molecular weight is 488 g/mol. The van der Waals surface area contributed by atoms with Gasteiger partial charge in [-0.1, -0.05) is 49.7 Å². The van der Waals surface area contributed by atoms with Gasteiger partial charge in [0.2, 0.25) is 0 Å². The van der Waals surface area contributed by atoms with Gasteiger partial charge >= 0.3 is 5.97 Å². The van der Waals surface area contributed by atoms with E-state index in [2.05, 4.69) is 10.6 Å². The lowest BCUT2D eigenvalue weighted by Crippen LogP contribution is -2.46. The lowest BCUT2D eigenvalue weighted by molar-refractivity contribution is -0.384. The number of esters is 1. The van der Waals surface area contributed by atoms with Gasteiger partial charge < -0.3 is 15.4 Å². The van der Waals surface area contributed by atoms with Gasteiger partial charge in [-0.3, -0.25) is 19.7 Å². The molecule has 2 aromatic carbocycles. The van der Waals surface area contributed by atoms with Crippen LogP contribution in [0.4, 0.5) is 5.69 Å². The summed E-state index contributed by atoms with van der Waals surface area (Å²) >= 11 is 6.02. The molecule has 34 heavy (non-hydrogen) atoms. The first-order valence-electron chi connectivity index (χ1n) is 11.0. The predicted molar refractivity (Wildman–Crippen MR) is 125 cm³/mol. The molecule has 10 heteroatoms. The number of nitro groups is 1. The molecule has 2 aromatic rings. The Morgan fingerprint density at radius 2 is 1.94 bits per heavy atom. The van der Waals surface area contributed by atoms with Crippen LogP contribution in [-0.4, -0.2) is 35.4 Å². The highest BCUT2D eigenvalue weighted by molar-refractivity contribution is 6.34. The van der Waals surface area contributed by atoms with E-state index in [0.717, 1.165) is 30.9 Å². The third kappa shape index (κ3) is 6.11. The maximum atomic E-state index is 12.7. The minimum Gasteiger partial charge on any atom is -0.454 e. The zero-order chi connectivity index (χ0) is 24.8. The highest BCUT2D eigenvalue weighted by Crippen LogP contribution is 2.29. The van der Waals surface area contributed by atoms with E-state index in [-0.39, 0.29) is 28.2 Å². The molecule has 2 N–H and O–H groups in total. The zero-order valence-corrected chi connectivity index (χ0v) is 19.6. The van der Waals surface area contributed by atoms with Crippen molar-refractivity contribution in [1.29, 1.82) is 0 Å². The van der Waals surface area contributed by atoms with Crippen molar-refractivity contribution in [2.45, 2.75) is 45.2 Å². The number of benzene rings is 2. The molecule has 0 aliphatic heterocycles. The van der Waals surface area contributed by atoms with Gasteiger partial charge in [-0.2, -0.15) is 0 Å². The van der Waals surface area contributed by atoms with Crippen molar-refractivity contribution >= 4 is 35.1 Å². The lowest BCUT2D eigenvalue weighted by Gasteiger charge is -2.26. The van der Waals surface area contributed by atoms with E-state index in [0.29, 0.717) is 0 Å². The molecule has 0 spiro atoms. The fraction of sp³-hybridized carbons (Fsp3) is 0.375. The van der Waals surface area contributed by atoms with Gasteiger partial charge in [-0.15, -0.1) is 0 Å². The molecule has 0 aromatic heterocycles. The van der Waals surface area contributed by atoms with Crippen molar-refractivity contribution in [2.75, 3.05) is 6.61 Å². The number of carbonyl (C=O) groups excluding carboxylic acids is 3. The topological polar surface area (TPSA) is 128 Å². The number of aryl methyl sites for hydroxylation is 1. The fourth-order valence-corrected chi connectivity index (χ4v) is 4.09. The summed E-state index contributed by atoms with van der Waals surface area (Å²) in [5, 5.41) is 16.4. The molecular formula is C24H26ClN3O6. The second-order valence-electron chi connectivity index (χ2n) is 8.44. The molecule has 0 bridgehead atoms. The Bertz CT molecular complexity index is 1100. The molecule has 180 valence electrons. The van der Waals surface area contributed by atoms with Crippen molar-refractivity contribution in [3.05, 3.63) is 74.3 Å². The van der Waals surface area contributed by atoms with E-state index in [1.165, 1.54) is 17.7 Å². The molecule has 0 saturated heterocycles. The van der Waals surface area contributed by atoms with Crippen LogP contribution in [0.1, 0.15) is 54.2 Å². The first kappa shape index (κ1) is 25.2. The highest BCUT2D eigenvalue weighted by Gasteiger charge is 2.29. The summed E-state index contributed by atoms with van der Waals surface area (Å²) in [5.41, 5.74) is 1.82. The van der Waals surface area contributed by atoms with E-state index in [1.807, 2.05) is 24.3 Å². The van der Waals surface area contributed by atoms with Crippen molar-refractivity contribution in [2.24, 2.45) is 5.92 Å². The van der Waals surface area contributed by atoms with Crippen LogP contribution < -0.4 is 10.6 Å². The first-order chi connectivity index (χ1) is 16.2. The Kier molecular flexibility index (Phi) is 8.22. The van der Waals surface area contributed by atoms with Gasteiger partial charge in [-0.05, 0) is 42.4 Å². The fourth-order valence-electron chi connectivity index (χ4n) is 3.88. The minimum atomic E-state index is -1.08. The van der Waals surface area contributed by atoms with Gasteiger partial charge in [-0.25, -0.2) is 4.79 Å². The van der Waals surface area contributed by atoms with Crippen molar-refractivity contribution in [1.82, 2.24) is 10.6 Å². The average Bonchev–Trinajstić information content (AvgIpc) is 2.81. The molecule has 2 unspecified atom stereocenters. The van der Waals surface area contributed by atoms with Crippen LogP contribution in [0.15, 0.2) is 42.5 Å². The van der Waals surface area contributed by atoms with E-state index < -0.39 is 35.4 Å². The highest BCUT2D eigenvalue weighted by atomic mass is 35.5. The number of rotatable bonds is 8. The van der Waals surface area contributed by atoms with Crippen LogP contribution in [0.3, 0.4) is 0 Å². The van der Waals surface area contributed by atoms with Crippen molar-refractivity contribution in [3.8, 4) is 0 Å². The van der Waals surface area contributed by atoms with Crippen LogP contribution in [0.25, 0.3) is 0 Å². The van der Waals surface area contributed by atoms with Crippen molar-refractivity contribution < 1.29 is 24.0 Å². The summed E-state index contributed by atoms with van der Waals surface area (Å²) in [6.07, 6.45) is 2.71. The molecule has 1 aliphatic rings. The third-order valence-corrected chi connectivity index (χ3v) is 5.99. The number of non-ortho nitro benzene ring substituents is 1. The van der Waals surface area contributed by atoms with E-state index in [1.54, 1.807) is 13.8 Å². The Balaban J connectivity index is 1.60. The number of carbonyl (C=O) groups is 3. The van der Waals surface area contributed by atoms with E-state index >= 15 is 0 Å². The van der Waals surface area contributed by atoms with Crippen LogP contribution in [0.2, 0.25) is 5.02 Å². The van der Waals surface area contributed by atoms with Gasteiger partial charge in [0.25, 0.3) is 17.5 Å². The number of amides is 2. The van der Waals surface area contributed by atoms with Gasteiger partial charge in [0.1, 0.15) is 6.04 Å². The summed E-state index contributed by atoms with van der Waals surface area (Å²) in [5.74, 6) is -2.36. The van der Waals surface area contributed by atoms with E-state index in [9.17, 15) is 24.5 Å². The predicted octanol–water partition coefficient (Wildman–Crippen LogP) is 3.74. The molecule has 0 heterocycles. The molecule has 2 atom stereocenters. The number of nitro benzene ring substituents is 1. The van der Waals surface area contributed by atoms with Gasteiger partial charge in [0.15, 0.2) is 6.61 Å². The summed E-state index contributed by atoms with van der Waals surface area (Å²) in [7, 11) is 0. The van der Waals surface area contributed by atoms with Crippen LogP contribution >= 0.6 is 11.6 Å². The molecule has 9 nitrogen and oxygen atoms in total. The molecule has 1 aliphatic carbocycles. The summed E-state index contributed by atoms with van der Waals surface area (Å²) < 4.78 is 5.18. The molecule has 0 radical (unpaired) electrons. The molecule has 3 rings (SSSR count). The lowest BCUT2D eigenvalue weighted by atomic mass is 9.88. The molecular weight excluding hydrogens is 462 g/mol. The van der Waals surface area contributed by atoms with Gasteiger partial charge in [0, 0.05) is 12.1 Å².